The number of nitrogens with one attached hydrogen (secondary N) is 2. The fraction of sp³-hybridized carbons (Fsp3) is 0.294. The Hall–Kier alpha value is -1.93. The number of sulfonamides is 1. The van der Waals surface area contributed by atoms with Crippen LogP contribution in [0, 0.1) is 0 Å². The first-order valence-electron chi connectivity index (χ1n) is 7.69. The third kappa shape index (κ3) is 6.29. The van der Waals surface area contributed by atoms with Gasteiger partial charge in [0, 0.05) is 19.6 Å². The van der Waals surface area contributed by atoms with Crippen molar-refractivity contribution in [1.29, 1.82) is 0 Å². The molecule has 130 valence electrons. The predicted octanol–water partition coefficient (Wildman–Crippen LogP) is 0.994. The maximum absolute atomic E-state index is 12.0. The van der Waals surface area contributed by atoms with Crippen LogP contribution in [0.25, 0.3) is 0 Å². The summed E-state index contributed by atoms with van der Waals surface area (Å²) < 4.78 is 31.9. The highest BCUT2D eigenvalue weighted by atomic mass is 32.2. The van der Waals surface area contributed by atoms with Crippen molar-refractivity contribution in [2.24, 2.45) is 0 Å². The quantitative estimate of drug-likeness (QED) is 0.556. The molecule has 0 aromatic heterocycles. The van der Waals surface area contributed by atoms with Crippen molar-refractivity contribution in [3.8, 4) is 5.75 Å². The Kier molecular flexibility index (Phi) is 7.20. The van der Waals surface area contributed by atoms with Gasteiger partial charge in [-0.05, 0) is 24.3 Å². The van der Waals surface area contributed by atoms with E-state index in [1.807, 2.05) is 30.3 Å². The van der Waals surface area contributed by atoms with Gasteiger partial charge in [0.15, 0.2) is 0 Å². The monoisotopic (exact) mass is 350 g/mol. The second-order valence-corrected chi connectivity index (χ2v) is 6.96. The maximum Gasteiger partial charge on any atom is 0.240 e. The van der Waals surface area contributed by atoms with Gasteiger partial charge in [-0.2, -0.15) is 0 Å². The van der Waals surface area contributed by atoms with Crippen LogP contribution in [-0.2, 0) is 10.0 Å². The summed E-state index contributed by atoms with van der Waals surface area (Å²) in [5, 5.41) is 12.8. The van der Waals surface area contributed by atoms with Crippen LogP contribution in [0.3, 0.4) is 0 Å². The molecule has 0 aliphatic carbocycles. The van der Waals surface area contributed by atoms with E-state index in [2.05, 4.69) is 10.0 Å². The fourth-order valence-electron chi connectivity index (χ4n) is 1.99. The fourth-order valence-corrected chi connectivity index (χ4v) is 3.05. The number of aliphatic hydroxyl groups is 1. The second kappa shape index (κ2) is 9.39. The molecule has 2 aromatic carbocycles. The van der Waals surface area contributed by atoms with E-state index in [-0.39, 0.29) is 18.0 Å². The molecule has 0 amide bonds. The lowest BCUT2D eigenvalue weighted by molar-refractivity contribution is 0.107. The Balaban J connectivity index is 1.61. The van der Waals surface area contributed by atoms with E-state index in [4.69, 9.17) is 4.74 Å². The third-order valence-electron chi connectivity index (χ3n) is 3.21. The standard InChI is InChI=1S/C17H22N2O4S/c20-15(14-23-16-7-3-1-4-8-16)13-18-11-12-19-24(21,22)17-9-5-2-6-10-17/h1-10,15,18-20H,11-14H2. The number of ether oxygens (including phenoxy) is 1. The largest absolute Gasteiger partial charge is 0.491 e. The molecule has 0 spiro atoms. The van der Waals surface area contributed by atoms with Gasteiger partial charge in [0.25, 0.3) is 0 Å². The van der Waals surface area contributed by atoms with Crippen molar-refractivity contribution in [2.75, 3.05) is 26.2 Å². The van der Waals surface area contributed by atoms with Crippen LogP contribution in [0.5, 0.6) is 5.75 Å². The Bertz CT molecular complexity index is 693. The summed E-state index contributed by atoms with van der Waals surface area (Å²) in [5.41, 5.74) is 0. The van der Waals surface area contributed by atoms with Gasteiger partial charge in [-0.1, -0.05) is 36.4 Å². The average molecular weight is 350 g/mol. The van der Waals surface area contributed by atoms with Crippen LogP contribution >= 0.6 is 0 Å². The minimum atomic E-state index is -3.48. The summed E-state index contributed by atoms with van der Waals surface area (Å²) >= 11 is 0. The molecular formula is C17H22N2O4S. The van der Waals surface area contributed by atoms with E-state index in [1.54, 1.807) is 30.3 Å². The number of aliphatic hydroxyl groups excluding tert-OH is 1. The van der Waals surface area contributed by atoms with Crippen LogP contribution in [0.1, 0.15) is 0 Å². The lowest BCUT2D eigenvalue weighted by atomic mass is 10.3. The zero-order valence-corrected chi connectivity index (χ0v) is 14.1. The highest BCUT2D eigenvalue weighted by Gasteiger charge is 2.12. The van der Waals surface area contributed by atoms with E-state index in [0.29, 0.717) is 18.8 Å². The Morgan fingerprint density at radius 2 is 1.58 bits per heavy atom. The molecule has 0 radical (unpaired) electrons. The molecule has 0 bridgehead atoms. The average Bonchev–Trinajstić information content (AvgIpc) is 2.61. The Morgan fingerprint density at radius 3 is 2.25 bits per heavy atom. The first kappa shape index (κ1) is 18.4. The molecule has 0 saturated heterocycles. The van der Waals surface area contributed by atoms with E-state index in [1.165, 1.54) is 0 Å². The molecule has 0 aliphatic heterocycles. The van der Waals surface area contributed by atoms with Crippen molar-refractivity contribution in [1.82, 2.24) is 10.0 Å². The zero-order chi connectivity index (χ0) is 17.3. The Labute approximate surface area is 142 Å². The highest BCUT2D eigenvalue weighted by molar-refractivity contribution is 7.89. The minimum absolute atomic E-state index is 0.173. The molecule has 24 heavy (non-hydrogen) atoms. The van der Waals surface area contributed by atoms with Gasteiger partial charge in [-0.15, -0.1) is 0 Å². The van der Waals surface area contributed by atoms with Crippen molar-refractivity contribution in [3.05, 3.63) is 60.7 Å². The summed E-state index contributed by atoms with van der Waals surface area (Å²) in [5.74, 6) is 0.701. The van der Waals surface area contributed by atoms with E-state index < -0.39 is 16.1 Å². The molecule has 2 aromatic rings. The van der Waals surface area contributed by atoms with Crippen LogP contribution < -0.4 is 14.8 Å². The van der Waals surface area contributed by atoms with Crippen molar-refractivity contribution < 1.29 is 18.3 Å². The number of hydrogen-bond donors (Lipinski definition) is 3. The van der Waals surface area contributed by atoms with Gasteiger partial charge in [-0.25, -0.2) is 13.1 Å². The molecule has 7 heteroatoms. The van der Waals surface area contributed by atoms with Crippen molar-refractivity contribution in [3.63, 3.8) is 0 Å². The molecule has 3 N–H and O–H groups in total. The van der Waals surface area contributed by atoms with Crippen LogP contribution in [0.15, 0.2) is 65.6 Å². The molecule has 2 rings (SSSR count). The molecule has 6 nitrogen and oxygen atoms in total. The normalized spacial score (nSPS) is 12.7. The maximum atomic E-state index is 12.0. The number of para-hydroxylation sites is 1. The third-order valence-corrected chi connectivity index (χ3v) is 4.69. The molecule has 0 saturated carbocycles. The molecule has 1 atom stereocenters. The van der Waals surface area contributed by atoms with Gasteiger partial charge in [-0.3, -0.25) is 0 Å². The van der Waals surface area contributed by atoms with Crippen LogP contribution in [-0.4, -0.2) is 45.9 Å². The van der Waals surface area contributed by atoms with Gasteiger partial charge in [0.05, 0.1) is 4.90 Å². The Morgan fingerprint density at radius 1 is 0.958 bits per heavy atom. The molecule has 0 heterocycles. The first-order chi connectivity index (χ1) is 11.6. The van der Waals surface area contributed by atoms with Crippen molar-refractivity contribution >= 4 is 10.0 Å². The summed E-state index contributed by atoms with van der Waals surface area (Å²) in [6.45, 7) is 1.14. The second-order valence-electron chi connectivity index (χ2n) is 5.19. The van der Waals surface area contributed by atoms with Crippen LogP contribution in [0.4, 0.5) is 0 Å². The molecule has 0 fully saturated rings. The minimum Gasteiger partial charge on any atom is -0.491 e. The topological polar surface area (TPSA) is 87.7 Å². The van der Waals surface area contributed by atoms with Gasteiger partial charge in [0.1, 0.15) is 18.5 Å². The predicted molar refractivity (Wildman–Crippen MR) is 92.4 cm³/mol. The van der Waals surface area contributed by atoms with Gasteiger partial charge in [0.2, 0.25) is 10.0 Å². The summed E-state index contributed by atoms with van der Waals surface area (Å²) in [4.78, 5) is 0.237. The summed E-state index contributed by atoms with van der Waals surface area (Å²) in [6, 6.07) is 17.4. The molecular weight excluding hydrogens is 328 g/mol. The lowest BCUT2D eigenvalue weighted by Crippen LogP contribution is -2.37. The smallest absolute Gasteiger partial charge is 0.240 e. The number of benzene rings is 2. The zero-order valence-electron chi connectivity index (χ0n) is 13.3. The van der Waals surface area contributed by atoms with Crippen LogP contribution in [0.2, 0.25) is 0 Å². The number of hydrogen-bond acceptors (Lipinski definition) is 5. The molecule has 0 aliphatic rings. The lowest BCUT2D eigenvalue weighted by Gasteiger charge is -2.13. The van der Waals surface area contributed by atoms with Crippen molar-refractivity contribution in [2.45, 2.75) is 11.0 Å². The van der Waals surface area contributed by atoms with E-state index in [9.17, 15) is 13.5 Å². The SMILES string of the molecule is O=S(=O)(NCCNCC(O)COc1ccccc1)c1ccccc1. The highest BCUT2D eigenvalue weighted by Crippen LogP contribution is 2.08. The van der Waals surface area contributed by atoms with Gasteiger partial charge >= 0.3 is 0 Å². The number of rotatable bonds is 10. The van der Waals surface area contributed by atoms with Gasteiger partial charge < -0.3 is 15.2 Å². The van der Waals surface area contributed by atoms with E-state index >= 15 is 0 Å². The summed E-state index contributed by atoms with van der Waals surface area (Å²) in [6.07, 6.45) is -0.670. The van der Waals surface area contributed by atoms with E-state index in [0.717, 1.165) is 0 Å². The summed E-state index contributed by atoms with van der Waals surface area (Å²) in [7, 11) is -3.48. The first-order valence-corrected chi connectivity index (χ1v) is 9.17. The molecule has 1 unspecified atom stereocenters.